The Labute approximate surface area is 134 Å². The van der Waals surface area contributed by atoms with Gasteiger partial charge in [-0.2, -0.15) is 0 Å². The molecule has 2 heteroatoms. The van der Waals surface area contributed by atoms with Crippen LogP contribution in [0.3, 0.4) is 0 Å². The van der Waals surface area contributed by atoms with Crippen LogP contribution in [0.1, 0.15) is 54.9 Å². The Morgan fingerprint density at radius 2 is 0.812 bits per heavy atom. The quantitative estimate of drug-likeness (QED) is 0.557. The maximum atomic E-state index is 2.17. The second kappa shape index (κ2) is 56.1. The summed E-state index contributed by atoms with van der Waals surface area (Å²) in [4.78, 5) is 2.00. The molecular weight excluding hydrogens is 271 g/mol. The van der Waals surface area contributed by atoms with Gasteiger partial charge in [-0.25, -0.2) is 0 Å². The van der Waals surface area contributed by atoms with Crippen LogP contribution in [-0.4, -0.2) is 26.0 Å². The molecule has 0 atom stereocenters. The van der Waals surface area contributed by atoms with E-state index in [-0.39, 0.29) is 47.6 Å². The average molecular weight is 310 g/mol. The Morgan fingerprint density at radius 3 is 0.812 bits per heavy atom. The summed E-state index contributed by atoms with van der Waals surface area (Å²) in [5.41, 5.74) is 0. The molecule has 0 bridgehead atoms. The minimum atomic E-state index is 0. The molecule has 0 spiro atoms. The zero-order chi connectivity index (χ0) is 11.9. The molecule has 0 fully saturated rings. The van der Waals surface area contributed by atoms with Gasteiger partial charge >= 0.3 is 0 Å². The van der Waals surface area contributed by atoms with Gasteiger partial charge in [0.2, 0.25) is 0 Å². The molecule has 16 heavy (non-hydrogen) atoms. The van der Waals surface area contributed by atoms with Gasteiger partial charge in [-0.3, -0.25) is 0 Å². The summed E-state index contributed by atoms with van der Waals surface area (Å²) < 4.78 is 0. The monoisotopic (exact) mass is 310 g/mol. The summed E-state index contributed by atoms with van der Waals surface area (Å²) in [5.74, 6) is 0.833. The third kappa shape index (κ3) is 2630. The van der Waals surface area contributed by atoms with Gasteiger partial charge in [-0.1, -0.05) is 54.9 Å². The Bertz CT molecular complexity index is 34.5. The molecular formula is C14H39NY-2. The molecule has 0 aromatic carbocycles. The van der Waals surface area contributed by atoms with Crippen molar-refractivity contribution < 1.29 is 32.7 Å². The van der Waals surface area contributed by atoms with Crippen LogP contribution < -0.4 is 0 Å². The van der Waals surface area contributed by atoms with Crippen LogP contribution in [0.25, 0.3) is 0 Å². The van der Waals surface area contributed by atoms with Gasteiger partial charge in [-0.15, -0.1) is 0 Å². The minimum Gasteiger partial charge on any atom is -0.358 e. The molecule has 0 unspecified atom stereocenters. The maximum absolute atomic E-state index is 2.17. The number of hydrogen-bond donors (Lipinski definition) is 0. The molecule has 0 N–H and O–H groups in total. The Hall–Kier alpha value is 1.06. The molecule has 1 radical (unpaired) electrons. The van der Waals surface area contributed by atoms with E-state index in [1.165, 1.54) is 6.42 Å². The fourth-order valence-corrected chi connectivity index (χ4v) is 0. The molecule has 0 aliphatic rings. The summed E-state index contributed by atoms with van der Waals surface area (Å²) in [7, 11) is 6.00. The van der Waals surface area contributed by atoms with Crippen molar-refractivity contribution in [3.05, 3.63) is 14.9 Å². The van der Waals surface area contributed by atoms with Gasteiger partial charge in [0, 0.05) is 32.7 Å². The topological polar surface area (TPSA) is 3.24 Å². The van der Waals surface area contributed by atoms with Crippen molar-refractivity contribution in [2.75, 3.05) is 21.1 Å². The van der Waals surface area contributed by atoms with Crippen LogP contribution in [-0.2, 0) is 32.7 Å². The summed E-state index contributed by atoms with van der Waals surface area (Å²) >= 11 is 0. The SMILES string of the molecule is CC.CC(C)C.CCC.CN(C)C.[CH3-].[CH3-].[Y]. The van der Waals surface area contributed by atoms with Crippen LogP contribution >= 0.6 is 0 Å². The van der Waals surface area contributed by atoms with Gasteiger partial charge in [0.1, 0.15) is 0 Å². The van der Waals surface area contributed by atoms with Crippen LogP contribution in [0.5, 0.6) is 0 Å². The third-order valence-corrected chi connectivity index (χ3v) is 0. The van der Waals surface area contributed by atoms with Crippen molar-refractivity contribution in [2.24, 2.45) is 5.92 Å². The summed E-state index contributed by atoms with van der Waals surface area (Å²) in [6.45, 7) is 14.7. The van der Waals surface area contributed by atoms with Crippen molar-refractivity contribution in [3.63, 3.8) is 0 Å². The van der Waals surface area contributed by atoms with E-state index in [0.717, 1.165) is 5.92 Å². The first-order valence-corrected chi connectivity index (χ1v) is 5.49. The van der Waals surface area contributed by atoms with Gasteiger partial charge < -0.3 is 19.8 Å². The van der Waals surface area contributed by atoms with E-state index in [9.17, 15) is 0 Å². The first-order chi connectivity index (χ1) is 5.88. The van der Waals surface area contributed by atoms with E-state index in [4.69, 9.17) is 0 Å². The smallest absolute Gasteiger partial charge is 0 e. The number of hydrogen-bond acceptors (Lipinski definition) is 1. The zero-order valence-corrected chi connectivity index (χ0v) is 17.1. The Morgan fingerprint density at radius 1 is 0.812 bits per heavy atom. The van der Waals surface area contributed by atoms with Crippen LogP contribution in [0.2, 0.25) is 0 Å². The van der Waals surface area contributed by atoms with Gasteiger partial charge in [0.05, 0.1) is 0 Å². The van der Waals surface area contributed by atoms with Crippen molar-refractivity contribution >= 4 is 0 Å². The van der Waals surface area contributed by atoms with Gasteiger partial charge in [0.25, 0.3) is 0 Å². The fraction of sp³-hybridized carbons (Fsp3) is 0.857. The third-order valence-electron chi connectivity index (χ3n) is 0. The summed E-state index contributed by atoms with van der Waals surface area (Å²) in [6.07, 6.45) is 1.25. The predicted octanol–water partition coefficient (Wildman–Crippen LogP) is 5.18. The number of nitrogens with zero attached hydrogens (tertiary/aromatic N) is 1. The molecule has 0 aliphatic carbocycles. The molecule has 0 saturated heterocycles. The largest absolute Gasteiger partial charge is 0.358 e. The number of rotatable bonds is 0. The molecule has 0 aromatic heterocycles. The Balaban J connectivity index is -0.0000000131. The first kappa shape index (κ1) is 43.5. The average Bonchev–Trinajstić information content (AvgIpc) is 1.89. The first-order valence-electron chi connectivity index (χ1n) is 5.49. The predicted molar refractivity (Wildman–Crippen MR) is 80.3 cm³/mol. The fourth-order valence-electron chi connectivity index (χ4n) is 0. The van der Waals surface area contributed by atoms with E-state index in [1.54, 1.807) is 0 Å². The van der Waals surface area contributed by atoms with Crippen LogP contribution in [0, 0.1) is 20.8 Å². The van der Waals surface area contributed by atoms with Crippen molar-refractivity contribution in [2.45, 2.75) is 54.9 Å². The molecule has 0 aliphatic heterocycles. The molecule has 0 rings (SSSR count). The molecule has 0 saturated carbocycles. The second-order valence-corrected chi connectivity index (χ2v) is 3.78. The van der Waals surface area contributed by atoms with E-state index in [1.807, 2.05) is 39.9 Å². The molecule has 1 nitrogen and oxygen atoms in total. The normalized spacial score (nSPS) is 6.00. The van der Waals surface area contributed by atoms with E-state index < -0.39 is 0 Å². The maximum Gasteiger partial charge on any atom is 0 e. The summed E-state index contributed by atoms with van der Waals surface area (Å²) in [5, 5.41) is 0. The van der Waals surface area contributed by atoms with E-state index in [2.05, 4.69) is 34.6 Å². The molecule has 0 aromatic rings. The van der Waals surface area contributed by atoms with Crippen molar-refractivity contribution in [1.82, 2.24) is 4.90 Å². The van der Waals surface area contributed by atoms with Crippen LogP contribution in [0.4, 0.5) is 0 Å². The zero-order valence-electron chi connectivity index (χ0n) is 14.3. The van der Waals surface area contributed by atoms with E-state index >= 15 is 0 Å². The minimum absolute atomic E-state index is 0. The second-order valence-electron chi connectivity index (χ2n) is 3.78. The Kier molecular flexibility index (Phi) is 152. The van der Waals surface area contributed by atoms with E-state index in [0.29, 0.717) is 0 Å². The summed E-state index contributed by atoms with van der Waals surface area (Å²) in [6, 6.07) is 0. The molecule has 105 valence electrons. The van der Waals surface area contributed by atoms with Crippen molar-refractivity contribution in [1.29, 1.82) is 0 Å². The molecule has 0 heterocycles. The van der Waals surface area contributed by atoms with Gasteiger partial charge in [0.15, 0.2) is 0 Å². The molecule has 0 amide bonds. The standard InChI is InChI=1S/C4H10.C3H9N.C3H8.C2H6.2CH3.Y/c2*1-4(2)3;1-3-2;1-2;;;/h4H,1-3H3;1-3H3;3H2,1-2H3;1-2H3;2*1H3;/q;;;;2*-1;. The van der Waals surface area contributed by atoms with Crippen molar-refractivity contribution in [3.8, 4) is 0 Å². The van der Waals surface area contributed by atoms with Crippen LogP contribution in [0.15, 0.2) is 0 Å². The van der Waals surface area contributed by atoms with Gasteiger partial charge in [-0.05, 0) is 27.1 Å².